The molecule has 1 aliphatic heterocycles. The van der Waals surface area contributed by atoms with E-state index in [1.165, 1.54) is 18.3 Å². The molecule has 2 aromatic heterocycles. The third kappa shape index (κ3) is 8.86. The summed E-state index contributed by atoms with van der Waals surface area (Å²) >= 11 is 1.18. The molecule has 0 saturated carbocycles. The van der Waals surface area contributed by atoms with Crippen LogP contribution in [0.2, 0.25) is 0 Å². The van der Waals surface area contributed by atoms with E-state index >= 15 is 0 Å². The first-order valence-electron chi connectivity index (χ1n) is 29.5. The Morgan fingerprint density at radius 1 is 0.540 bits per heavy atom. The van der Waals surface area contributed by atoms with E-state index in [1.54, 1.807) is 40.7 Å². The molecular weight excluding hydrogens is 1110 g/mol. The van der Waals surface area contributed by atoms with Gasteiger partial charge in [-0.2, -0.15) is 0 Å². The minimum absolute atomic E-state index is 0.00588. The fraction of sp³-hybridized carbons (Fsp3) is 0.347. The van der Waals surface area contributed by atoms with Crippen LogP contribution in [0.4, 0.5) is 0 Å². The maximum atomic E-state index is 13.7. The van der Waals surface area contributed by atoms with Gasteiger partial charge in [-0.25, -0.2) is 15.0 Å². The highest BCUT2D eigenvalue weighted by molar-refractivity contribution is 7.27. The number of aromatic hydroxyl groups is 6. The van der Waals surface area contributed by atoms with Crippen molar-refractivity contribution in [2.24, 2.45) is 17.8 Å². The molecule has 3 heterocycles. The number of allylic oxidation sites excluding steroid dienone is 11. The summed E-state index contributed by atoms with van der Waals surface area (Å²) in [4.78, 5) is 16.1. The zero-order valence-electron chi connectivity index (χ0n) is 53.3. The summed E-state index contributed by atoms with van der Waals surface area (Å²) in [6, 6.07) is 1.63. The Morgan fingerprint density at radius 3 is 1.72 bits per heavy atom. The molecule has 15 heteroatoms. The van der Waals surface area contributed by atoms with Crippen molar-refractivity contribution in [3.63, 3.8) is 0 Å². The van der Waals surface area contributed by atoms with E-state index in [4.69, 9.17) is 22.8 Å². The van der Waals surface area contributed by atoms with Gasteiger partial charge < -0.3 is 51.1 Å². The normalized spacial score (nSPS) is 18.6. The van der Waals surface area contributed by atoms with Gasteiger partial charge in [0, 0.05) is 61.5 Å². The fourth-order valence-electron chi connectivity index (χ4n) is 14.5. The molecule has 0 spiro atoms. The van der Waals surface area contributed by atoms with Gasteiger partial charge in [-0.15, -0.1) is 16.8 Å². The summed E-state index contributed by atoms with van der Waals surface area (Å²) in [6.45, 7) is 40.5. The summed E-state index contributed by atoms with van der Waals surface area (Å²) in [5.41, 5.74) is 14.9. The third-order valence-electron chi connectivity index (χ3n) is 20.5. The van der Waals surface area contributed by atoms with E-state index in [1.807, 2.05) is 34.6 Å². The lowest BCUT2D eigenvalue weighted by Crippen LogP contribution is -2.22. The van der Waals surface area contributed by atoms with E-state index in [-0.39, 0.29) is 91.6 Å². The molecule has 87 heavy (non-hydrogen) atoms. The first kappa shape index (κ1) is 61.7. The van der Waals surface area contributed by atoms with Gasteiger partial charge in [-0.3, -0.25) is 0 Å². The van der Waals surface area contributed by atoms with Crippen molar-refractivity contribution >= 4 is 61.6 Å². The molecule has 2 radical (unpaired) electrons. The molecule has 3 aliphatic rings. The van der Waals surface area contributed by atoms with Crippen LogP contribution in [0.25, 0.3) is 65.0 Å². The van der Waals surface area contributed by atoms with Crippen LogP contribution < -0.4 is 0 Å². The lowest BCUT2D eigenvalue weighted by atomic mass is 9.71. The number of phenolic OH excluding ortho intramolecular Hbond substituents is 6. The van der Waals surface area contributed by atoms with Crippen LogP contribution in [0.3, 0.4) is 0 Å². The van der Waals surface area contributed by atoms with Crippen molar-refractivity contribution in [1.29, 1.82) is 0 Å². The highest BCUT2D eigenvalue weighted by Gasteiger charge is 2.41. The van der Waals surface area contributed by atoms with E-state index in [2.05, 4.69) is 62.0 Å². The average molecular weight is 1190 g/mol. The van der Waals surface area contributed by atoms with E-state index in [0.29, 0.717) is 75.9 Å². The maximum absolute atomic E-state index is 13.7. The number of aliphatic hydroxyl groups excluding tert-OH is 4. The van der Waals surface area contributed by atoms with Gasteiger partial charge in [0.1, 0.15) is 36.6 Å². The maximum Gasteiger partial charge on any atom is 0.169 e. The SMILES string of the molecule is [B]C1=C2c3nc(C4=C(O)C(C)C(C)C(C)=C4C)nc(n3)-c3c(O)c(C)c(C)c4c3sc3c(c(C)c(O)c(O)c34)-c3c(C)c(c(C)c(C(/C(O)=C(/O)Cc4c(C)cc(C)c(O)c4O)=C(\O)C(=C)C)c3O)C(=C(C)C(c3c(C)c(C)c(C)c(C)c3C)C2C)C1. The molecule has 7 aromatic rings. The molecule has 13 nitrogen and oxygen atoms in total. The third-order valence-corrected chi connectivity index (χ3v) is 21.8. The summed E-state index contributed by atoms with van der Waals surface area (Å²) in [5.74, 6) is -5.51. The highest BCUT2D eigenvalue weighted by Crippen LogP contribution is 2.60. The molecule has 0 amide bonds. The van der Waals surface area contributed by atoms with E-state index < -0.39 is 69.9 Å². The number of phenols is 6. The van der Waals surface area contributed by atoms with Crippen molar-refractivity contribution in [1.82, 2.24) is 15.0 Å². The van der Waals surface area contributed by atoms with Gasteiger partial charge in [-0.05, 0) is 224 Å². The molecule has 4 unspecified atom stereocenters. The average Bonchev–Trinajstić information content (AvgIpc) is 1.66. The zero-order valence-corrected chi connectivity index (χ0v) is 54.1. The van der Waals surface area contributed by atoms with Crippen molar-refractivity contribution in [3.05, 3.63) is 164 Å². The first-order valence-corrected chi connectivity index (χ1v) is 30.3. The molecule has 10 rings (SSSR count). The predicted molar refractivity (Wildman–Crippen MR) is 352 cm³/mol. The summed E-state index contributed by atoms with van der Waals surface area (Å²) < 4.78 is 0.789. The number of nitrogens with zero attached hydrogens (tertiary/aromatic N) is 3. The van der Waals surface area contributed by atoms with E-state index in [0.717, 1.165) is 50.1 Å². The van der Waals surface area contributed by atoms with Crippen molar-refractivity contribution < 1.29 is 51.1 Å². The Bertz CT molecular complexity index is 4520. The zero-order chi connectivity index (χ0) is 64.2. The van der Waals surface area contributed by atoms with Crippen LogP contribution in [-0.2, 0) is 6.42 Å². The predicted octanol–water partition coefficient (Wildman–Crippen LogP) is 17.3. The number of hydrogen-bond donors (Lipinski definition) is 10. The Morgan fingerprint density at radius 2 is 1.11 bits per heavy atom. The number of fused-ring (bicyclic) bond motifs is 11. The van der Waals surface area contributed by atoms with Gasteiger partial charge in [0.25, 0.3) is 0 Å². The molecule has 5 aromatic carbocycles. The smallest absolute Gasteiger partial charge is 0.169 e. The number of rotatable bonds is 7. The van der Waals surface area contributed by atoms with Crippen molar-refractivity contribution in [2.75, 3.05) is 0 Å². The quantitative estimate of drug-likeness (QED) is 0.0310. The molecule has 10 N–H and O–H groups in total. The molecule has 2 aliphatic carbocycles. The molecule has 8 bridgehead atoms. The van der Waals surface area contributed by atoms with Crippen molar-refractivity contribution in [3.8, 4) is 57.0 Å². The molecule has 450 valence electrons. The number of hydrogen-bond acceptors (Lipinski definition) is 14. The monoisotopic (exact) mass is 1190 g/mol. The second-order valence-corrected chi connectivity index (χ2v) is 26.1. The second kappa shape index (κ2) is 21.5. The highest BCUT2D eigenvalue weighted by atomic mass is 32.1. The van der Waals surface area contributed by atoms with Crippen LogP contribution in [0.15, 0.2) is 63.4 Å². The molecule has 4 atom stereocenters. The number of aryl methyl sites for hydroxylation is 3. The standard InChI is InChI=1S/C72H78BN3O10S/c1-24(2)59(78)56(65(84)46(77)23-43-25(3)21-26(4)60(79)64(43)83)52-40(18)47-39(17)51(66(52)85)54-42(20)63(82)67(86)57-53-35(13)37(15)62(81)58(69(53)87-68(54)57)72-75-70(74-71(76-72)55-34(12)30(8)31(9)36(14)61(55)80)50-41(19)49(38(16)44(47)22-45(50)73)48-32(10)28(6)27(5)29(7)33(48)11/h21,31,36,41,49,77-86H,1,22-23H2,2-20H3/b59-56+,65-46-. The van der Waals surface area contributed by atoms with Crippen LogP contribution in [0.1, 0.15) is 161 Å². The van der Waals surface area contributed by atoms with Gasteiger partial charge in [-0.1, -0.05) is 44.6 Å². The number of aliphatic hydroxyl groups is 4. The van der Waals surface area contributed by atoms with Gasteiger partial charge >= 0.3 is 0 Å². The summed E-state index contributed by atoms with van der Waals surface area (Å²) in [5, 5.41) is 124. The Hall–Kier alpha value is -8.43. The first-order chi connectivity index (χ1) is 40.6. The Labute approximate surface area is 514 Å². The van der Waals surface area contributed by atoms with Gasteiger partial charge in [0.2, 0.25) is 0 Å². The summed E-state index contributed by atoms with van der Waals surface area (Å²) in [6.07, 6.45) is -0.486. The van der Waals surface area contributed by atoms with Crippen LogP contribution >= 0.6 is 11.3 Å². The largest absolute Gasteiger partial charge is 0.511 e. The topological polar surface area (TPSA) is 241 Å². The van der Waals surface area contributed by atoms with Crippen LogP contribution in [0.5, 0.6) is 34.5 Å². The fourth-order valence-corrected chi connectivity index (χ4v) is 16.0. The minimum Gasteiger partial charge on any atom is -0.511 e. The lowest BCUT2D eigenvalue weighted by Gasteiger charge is -2.33. The van der Waals surface area contributed by atoms with Gasteiger partial charge in [0.15, 0.2) is 46.2 Å². The summed E-state index contributed by atoms with van der Waals surface area (Å²) in [7, 11) is 7.81. The minimum atomic E-state index is -0.873. The van der Waals surface area contributed by atoms with Crippen molar-refractivity contribution in [2.45, 2.75) is 150 Å². The Balaban J connectivity index is 1.49. The van der Waals surface area contributed by atoms with Crippen LogP contribution in [0, 0.1) is 101 Å². The number of aromatic nitrogens is 3. The molecular formula is C72H78BN3O10S. The lowest BCUT2D eigenvalue weighted by molar-refractivity contribution is 0.301. The second-order valence-electron chi connectivity index (χ2n) is 25.1. The molecule has 0 fully saturated rings. The number of thiophene rings is 1. The van der Waals surface area contributed by atoms with E-state index in [9.17, 15) is 51.1 Å². The number of benzene rings is 5. The Kier molecular flexibility index (Phi) is 15.2. The van der Waals surface area contributed by atoms with Crippen LogP contribution in [-0.4, -0.2) is 73.9 Å². The van der Waals surface area contributed by atoms with Gasteiger partial charge in [0.05, 0.1) is 21.4 Å². The molecule has 0 saturated heterocycles.